The topological polar surface area (TPSA) is 32.6 Å². The molecule has 1 aromatic rings. The lowest BCUT2D eigenvalue weighted by Gasteiger charge is -2.18. The maximum absolute atomic E-state index is 8.70. The molecule has 1 rings (SSSR count). The second-order valence-corrected chi connectivity index (χ2v) is 7.19. The molecule has 0 saturated heterocycles. The Morgan fingerprint density at radius 1 is 1.12 bits per heavy atom. The van der Waals surface area contributed by atoms with Crippen molar-refractivity contribution >= 4 is 17.6 Å². The summed E-state index contributed by atoms with van der Waals surface area (Å²) in [7, 11) is 0. The highest BCUT2D eigenvalue weighted by atomic mass is 32.1. The van der Waals surface area contributed by atoms with E-state index >= 15 is 0 Å². The Bertz CT molecular complexity index is 391. The summed E-state index contributed by atoms with van der Waals surface area (Å²) in [6.07, 6.45) is 1.53. The summed E-state index contributed by atoms with van der Waals surface area (Å²) in [4.78, 5) is 2.60. The first-order valence-corrected chi connectivity index (χ1v) is 6.30. The number of oxime groups is 1. The summed E-state index contributed by atoms with van der Waals surface area (Å²) in [5.74, 6) is 0. The zero-order valence-corrected chi connectivity index (χ0v) is 11.8. The van der Waals surface area contributed by atoms with Crippen LogP contribution in [0.2, 0.25) is 0 Å². The molecule has 0 aliphatic heterocycles. The first-order valence-electron chi connectivity index (χ1n) is 5.48. The van der Waals surface area contributed by atoms with Crippen molar-refractivity contribution in [2.24, 2.45) is 5.16 Å². The van der Waals surface area contributed by atoms with E-state index in [1.807, 2.05) is 11.3 Å². The van der Waals surface area contributed by atoms with Gasteiger partial charge in [-0.2, -0.15) is 0 Å². The quantitative estimate of drug-likeness (QED) is 0.445. The molecule has 0 fully saturated rings. The molecule has 0 aliphatic carbocycles. The van der Waals surface area contributed by atoms with Crippen molar-refractivity contribution in [2.75, 3.05) is 0 Å². The van der Waals surface area contributed by atoms with Crippen LogP contribution in [0.15, 0.2) is 11.2 Å². The van der Waals surface area contributed by atoms with Crippen LogP contribution in [0.25, 0.3) is 0 Å². The molecule has 3 heteroatoms. The van der Waals surface area contributed by atoms with Gasteiger partial charge in [-0.15, -0.1) is 11.3 Å². The van der Waals surface area contributed by atoms with Crippen molar-refractivity contribution in [1.82, 2.24) is 0 Å². The molecule has 0 radical (unpaired) electrons. The Morgan fingerprint density at radius 2 is 1.69 bits per heavy atom. The van der Waals surface area contributed by atoms with Gasteiger partial charge in [0.1, 0.15) is 0 Å². The van der Waals surface area contributed by atoms with Gasteiger partial charge in [-0.25, -0.2) is 0 Å². The van der Waals surface area contributed by atoms with Crippen LogP contribution in [-0.2, 0) is 10.8 Å². The fourth-order valence-corrected chi connectivity index (χ4v) is 2.77. The van der Waals surface area contributed by atoms with Crippen LogP contribution in [-0.4, -0.2) is 11.4 Å². The summed E-state index contributed by atoms with van der Waals surface area (Å²) in [5, 5.41) is 11.9. The van der Waals surface area contributed by atoms with Crippen LogP contribution in [0.4, 0.5) is 0 Å². The molecule has 0 aliphatic rings. The summed E-state index contributed by atoms with van der Waals surface area (Å²) >= 11 is 1.81. The second-order valence-electron chi connectivity index (χ2n) is 6.14. The Morgan fingerprint density at radius 3 is 2.06 bits per heavy atom. The molecule has 0 unspecified atom stereocenters. The Labute approximate surface area is 102 Å². The number of nitrogens with zero attached hydrogens (tertiary/aromatic N) is 1. The normalized spacial score (nSPS) is 13.6. The Kier molecular flexibility index (Phi) is 3.48. The summed E-state index contributed by atoms with van der Waals surface area (Å²) in [6, 6.07) is 2.13. The Hall–Kier alpha value is -0.830. The van der Waals surface area contributed by atoms with Gasteiger partial charge in [0, 0.05) is 15.3 Å². The van der Waals surface area contributed by atoms with Gasteiger partial charge in [0.05, 0.1) is 6.21 Å². The lowest BCUT2D eigenvalue weighted by atomic mass is 9.90. The number of thiophene rings is 1. The fraction of sp³-hybridized carbons (Fsp3) is 0.615. The van der Waals surface area contributed by atoms with Crippen LogP contribution in [0.1, 0.15) is 56.9 Å². The molecular formula is C13H21NOS. The first-order chi connectivity index (χ1) is 7.16. The third-order valence-corrected chi connectivity index (χ3v) is 4.38. The molecular weight excluding hydrogens is 218 g/mol. The molecule has 0 saturated carbocycles. The van der Waals surface area contributed by atoms with Gasteiger partial charge in [-0.1, -0.05) is 46.7 Å². The third-order valence-electron chi connectivity index (χ3n) is 2.38. The zero-order chi connectivity index (χ0) is 12.6. The van der Waals surface area contributed by atoms with Gasteiger partial charge in [0.2, 0.25) is 0 Å². The zero-order valence-electron chi connectivity index (χ0n) is 11.0. The highest BCUT2D eigenvalue weighted by Gasteiger charge is 2.25. The molecule has 0 spiro atoms. The maximum atomic E-state index is 8.70. The average Bonchev–Trinajstić information content (AvgIpc) is 2.46. The monoisotopic (exact) mass is 239 g/mol. The standard InChI is InChI=1S/C13H21NOS/c1-12(2,3)10-7-9(8-14-15)11(16-10)13(4,5)6/h7-8,15H,1-6H3. The van der Waals surface area contributed by atoms with Gasteiger partial charge in [0.25, 0.3) is 0 Å². The first kappa shape index (κ1) is 13.2. The smallest absolute Gasteiger partial charge is 0.0745 e. The van der Waals surface area contributed by atoms with Gasteiger partial charge in [-0.3, -0.25) is 0 Å². The predicted octanol–water partition coefficient (Wildman–Crippen LogP) is 4.15. The summed E-state index contributed by atoms with van der Waals surface area (Å²) in [6.45, 7) is 13.1. The fourth-order valence-electron chi connectivity index (χ4n) is 1.52. The minimum Gasteiger partial charge on any atom is -0.411 e. The molecule has 0 amide bonds. The minimum atomic E-state index is 0.0880. The molecule has 1 aromatic heterocycles. The highest BCUT2D eigenvalue weighted by Crippen LogP contribution is 2.38. The van der Waals surface area contributed by atoms with E-state index in [1.54, 1.807) is 0 Å². The van der Waals surface area contributed by atoms with Crippen molar-refractivity contribution in [3.05, 3.63) is 21.4 Å². The average molecular weight is 239 g/mol. The van der Waals surface area contributed by atoms with E-state index in [4.69, 9.17) is 5.21 Å². The molecule has 1 N–H and O–H groups in total. The van der Waals surface area contributed by atoms with Gasteiger partial charge in [0.15, 0.2) is 0 Å². The van der Waals surface area contributed by atoms with Crippen LogP contribution >= 0.6 is 11.3 Å². The van der Waals surface area contributed by atoms with Crippen molar-refractivity contribution in [3.63, 3.8) is 0 Å². The van der Waals surface area contributed by atoms with E-state index < -0.39 is 0 Å². The van der Waals surface area contributed by atoms with E-state index in [-0.39, 0.29) is 10.8 Å². The largest absolute Gasteiger partial charge is 0.411 e. The van der Waals surface area contributed by atoms with Crippen molar-refractivity contribution in [1.29, 1.82) is 0 Å². The predicted molar refractivity (Wildman–Crippen MR) is 71.1 cm³/mol. The van der Waals surface area contributed by atoms with Crippen LogP contribution in [0.5, 0.6) is 0 Å². The van der Waals surface area contributed by atoms with Crippen LogP contribution in [0.3, 0.4) is 0 Å². The van der Waals surface area contributed by atoms with Gasteiger partial charge < -0.3 is 5.21 Å². The van der Waals surface area contributed by atoms with Crippen molar-refractivity contribution in [2.45, 2.75) is 52.4 Å². The molecule has 16 heavy (non-hydrogen) atoms. The molecule has 90 valence electrons. The molecule has 1 heterocycles. The third kappa shape index (κ3) is 2.85. The molecule has 0 aromatic carbocycles. The van der Waals surface area contributed by atoms with Gasteiger partial charge in [-0.05, 0) is 16.9 Å². The van der Waals surface area contributed by atoms with Gasteiger partial charge >= 0.3 is 0 Å². The van der Waals surface area contributed by atoms with E-state index in [2.05, 4.69) is 52.8 Å². The SMILES string of the molecule is CC(C)(C)c1cc(C=NO)c(C(C)(C)C)s1. The number of hydrogen-bond acceptors (Lipinski definition) is 3. The van der Waals surface area contributed by atoms with Crippen LogP contribution < -0.4 is 0 Å². The van der Waals surface area contributed by atoms with E-state index in [0.29, 0.717) is 0 Å². The maximum Gasteiger partial charge on any atom is 0.0745 e. The molecule has 0 atom stereocenters. The number of hydrogen-bond donors (Lipinski definition) is 1. The number of rotatable bonds is 1. The summed E-state index contributed by atoms with van der Waals surface area (Å²) in [5.41, 5.74) is 1.27. The molecule has 0 bridgehead atoms. The lowest BCUT2D eigenvalue weighted by Crippen LogP contribution is -2.11. The van der Waals surface area contributed by atoms with E-state index in [1.165, 1.54) is 16.0 Å². The highest BCUT2D eigenvalue weighted by molar-refractivity contribution is 7.12. The van der Waals surface area contributed by atoms with E-state index in [9.17, 15) is 0 Å². The molecule has 2 nitrogen and oxygen atoms in total. The van der Waals surface area contributed by atoms with Crippen molar-refractivity contribution in [3.8, 4) is 0 Å². The second kappa shape index (κ2) is 4.21. The van der Waals surface area contributed by atoms with Crippen LogP contribution in [0, 0.1) is 0 Å². The minimum absolute atomic E-state index is 0.0880. The summed E-state index contributed by atoms with van der Waals surface area (Å²) < 4.78 is 0. The van der Waals surface area contributed by atoms with E-state index in [0.717, 1.165) is 5.56 Å². The lowest BCUT2D eigenvalue weighted by molar-refractivity contribution is 0.322. The van der Waals surface area contributed by atoms with Crippen molar-refractivity contribution < 1.29 is 5.21 Å². The Balaban J connectivity index is 3.32.